The van der Waals surface area contributed by atoms with Crippen LogP contribution < -0.4 is 0 Å². The molecule has 0 aliphatic rings. The van der Waals surface area contributed by atoms with Gasteiger partial charge in [0.05, 0.1) is 26.4 Å². The van der Waals surface area contributed by atoms with Gasteiger partial charge in [0.15, 0.2) is 8.32 Å². The van der Waals surface area contributed by atoms with Gasteiger partial charge in [-0.25, -0.2) is 4.79 Å². The third kappa shape index (κ3) is 7.00. The molecule has 27 heavy (non-hydrogen) atoms. The standard InChI is InChI=1S/C22H34O4Si/c1-17(20(24-5)16-21(23)25-6)19(26-27(7,8)22(2,3)4)15-14-18-12-10-9-11-13-18/h9-17,19H,1-8H3/b15-14+,20-16-. The van der Waals surface area contributed by atoms with Crippen molar-refractivity contribution in [2.24, 2.45) is 5.92 Å². The van der Waals surface area contributed by atoms with E-state index in [0.29, 0.717) is 5.76 Å². The number of hydrogen-bond acceptors (Lipinski definition) is 4. The van der Waals surface area contributed by atoms with Gasteiger partial charge < -0.3 is 13.9 Å². The van der Waals surface area contributed by atoms with Crippen LogP contribution in [0.2, 0.25) is 18.1 Å². The summed E-state index contributed by atoms with van der Waals surface area (Å²) in [5, 5.41) is 0.0743. The summed E-state index contributed by atoms with van der Waals surface area (Å²) in [5.41, 5.74) is 1.10. The Balaban J connectivity index is 3.21. The highest BCUT2D eigenvalue weighted by Crippen LogP contribution is 2.39. The first-order chi connectivity index (χ1) is 12.5. The molecule has 0 radical (unpaired) electrons. The lowest BCUT2D eigenvalue weighted by Crippen LogP contribution is -2.45. The zero-order chi connectivity index (χ0) is 20.7. The second-order valence-electron chi connectivity index (χ2n) is 8.18. The monoisotopic (exact) mass is 390 g/mol. The first kappa shape index (κ1) is 23.2. The molecular formula is C22H34O4Si. The summed E-state index contributed by atoms with van der Waals surface area (Å²) in [6.07, 6.45) is 5.29. The van der Waals surface area contributed by atoms with Crippen molar-refractivity contribution in [1.29, 1.82) is 0 Å². The zero-order valence-electron chi connectivity index (χ0n) is 17.9. The van der Waals surface area contributed by atoms with E-state index in [4.69, 9.17) is 13.9 Å². The number of rotatable bonds is 8. The molecule has 0 aliphatic carbocycles. The molecule has 150 valence electrons. The van der Waals surface area contributed by atoms with Crippen LogP contribution >= 0.6 is 0 Å². The lowest BCUT2D eigenvalue weighted by atomic mass is 10.0. The molecule has 0 aromatic heterocycles. The highest BCUT2D eigenvalue weighted by atomic mass is 28.4. The lowest BCUT2D eigenvalue weighted by Gasteiger charge is -2.40. The van der Waals surface area contributed by atoms with Gasteiger partial charge in [0.1, 0.15) is 5.76 Å². The Morgan fingerprint density at radius 2 is 1.67 bits per heavy atom. The second-order valence-corrected chi connectivity index (χ2v) is 12.9. The molecule has 2 atom stereocenters. The Bertz CT molecular complexity index is 657. The fourth-order valence-corrected chi connectivity index (χ4v) is 3.62. The van der Waals surface area contributed by atoms with Gasteiger partial charge in [0.2, 0.25) is 0 Å². The van der Waals surface area contributed by atoms with Crippen LogP contribution in [0.25, 0.3) is 6.08 Å². The van der Waals surface area contributed by atoms with Gasteiger partial charge in [0, 0.05) is 5.92 Å². The van der Waals surface area contributed by atoms with Crippen molar-refractivity contribution < 1.29 is 18.7 Å². The largest absolute Gasteiger partial charge is 0.500 e. The lowest BCUT2D eigenvalue weighted by molar-refractivity contribution is -0.135. The van der Waals surface area contributed by atoms with Gasteiger partial charge in [-0.05, 0) is 23.7 Å². The molecule has 2 unspecified atom stereocenters. The summed E-state index contributed by atoms with van der Waals surface area (Å²) in [6.45, 7) is 13.1. The average molecular weight is 391 g/mol. The minimum absolute atomic E-state index is 0.0743. The summed E-state index contributed by atoms with van der Waals surface area (Å²) in [6, 6.07) is 10.1. The minimum Gasteiger partial charge on any atom is -0.500 e. The normalized spacial score (nSPS) is 15.5. The molecule has 1 rings (SSSR count). The molecule has 0 spiro atoms. The van der Waals surface area contributed by atoms with Crippen molar-refractivity contribution in [1.82, 2.24) is 0 Å². The zero-order valence-corrected chi connectivity index (χ0v) is 18.9. The molecule has 4 nitrogen and oxygen atoms in total. The van der Waals surface area contributed by atoms with E-state index in [-0.39, 0.29) is 17.1 Å². The van der Waals surface area contributed by atoms with Crippen LogP contribution in [0, 0.1) is 5.92 Å². The van der Waals surface area contributed by atoms with Gasteiger partial charge in [-0.15, -0.1) is 0 Å². The van der Waals surface area contributed by atoms with Crippen molar-refractivity contribution in [2.75, 3.05) is 14.2 Å². The van der Waals surface area contributed by atoms with Crippen LogP contribution in [-0.2, 0) is 18.7 Å². The van der Waals surface area contributed by atoms with E-state index >= 15 is 0 Å². The van der Waals surface area contributed by atoms with Crippen LogP contribution in [-0.4, -0.2) is 34.6 Å². The SMILES string of the molecule is COC(=O)/C=C(\OC)C(C)C(/C=C/c1ccccc1)O[Si](C)(C)C(C)(C)C. The first-order valence-electron chi connectivity index (χ1n) is 9.26. The predicted octanol–water partition coefficient (Wildman–Crippen LogP) is 5.43. The van der Waals surface area contributed by atoms with Crippen molar-refractivity contribution in [3.05, 3.63) is 53.8 Å². The highest BCUT2D eigenvalue weighted by Gasteiger charge is 2.40. The molecule has 0 heterocycles. The van der Waals surface area contributed by atoms with E-state index in [0.717, 1.165) is 5.56 Å². The molecule has 0 aliphatic heterocycles. The Labute approximate surface area is 165 Å². The van der Waals surface area contributed by atoms with Crippen molar-refractivity contribution >= 4 is 20.4 Å². The van der Waals surface area contributed by atoms with E-state index in [1.165, 1.54) is 13.2 Å². The minimum atomic E-state index is -2.03. The van der Waals surface area contributed by atoms with Gasteiger partial charge in [-0.3, -0.25) is 0 Å². The Kier molecular flexibility index (Phi) is 8.50. The highest BCUT2D eigenvalue weighted by molar-refractivity contribution is 6.74. The molecule has 0 fully saturated rings. The maximum absolute atomic E-state index is 11.7. The van der Waals surface area contributed by atoms with Crippen molar-refractivity contribution in [3.8, 4) is 0 Å². The molecule has 0 amide bonds. The van der Waals surface area contributed by atoms with Crippen LogP contribution in [0.4, 0.5) is 0 Å². The maximum Gasteiger partial charge on any atom is 0.333 e. The summed E-state index contributed by atoms with van der Waals surface area (Å²) in [5.74, 6) is -0.0247. The molecule has 0 N–H and O–H groups in total. The molecule has 0 bridgehead atoms. The molecule has 5 heteroatoms. The number of benzene rings is 1. The topological polar surface area (TPSA) is 44.8 Å². The van der Waals surface area contributed by atoms with E-state index < -0.39 is 14.3 Å². The number of carbonyl (C=O) groups excluding carboxylic acids is 1. The van der Waals surface area contributed by atoms with Gasteiger partial charge in [-0.1, -0.05) is 70.2 Å². The number of ether oxygens (including phenoxy) is 2. The number of methoxy groups -OCH3 is 2. The number of esters is 1. The Morgan fingerprint density at radius 3 is 2.15 bits per heavy atom. The van der Waals surface area contributed by atoms with E-state index in [1.807, 2.05) is 37.3 Å². The molecular weight excluding hydrogens is 356 g/mol. The molecule has 0 saturated heterocycles. The predicted molar refractivity (Wildman–Crippen MR) is 114 cm³/mol. The maximum atomic E-state index is 11.7. The van der Waals surface area contributed by atoms with Crippen LogP contribution in [0.15, 0.2) is 48.2 Å². The number of carbonyl (C=O) groups is 1. The summed E-state index contributed by atoms with van der Waals surface area (Å²) < 4.78 is 16.9. The summed E-state index contributed by atoms with van der Waals surface area (Å²) >= 11 is 0. The first-order valence-corrected chi connectivity index (χ1v) is 12.2. The fraction of sp³-hybridized carbons (Fsp3) is 0.500. The molecule has 1 aromatic rings. The Morgan fingerprint density at radius 1 is 1.07 bits per heavy atom. The van der Waals surface area contributed by atoms with Crippen LogP contribution in [0.3, 0.4) is 0 Å². The van der Waals surface area contributed by atoms with E-state index in [2.05, 4.69) is 46.0 Å². The summed E-state index contributed by atoms with van der Waals surface area (Å²) in [7, 11) is 0.896. The van der Waals surface area contributed by atoms with Crippen LogP contribution in [0.5, 0.6) is 0 Å². The van der Waals surface area contributed by atoms with Crippen LogP contribution in [0.1, 0.15) is 33.3 Å². The molecule has 0 saturated carbocycles. The quantitative estimate of drug-likeness (QED) is 0.257. The van der Waals surface area contributed by atoms with Gasteiger partial charge in [0.25, 0.3) is 0 Å². The van der Waals surface area contributed by atoms with Gasteiger partial charge >= 0.3 is 5.97 Å². The molecule has 1 aromatic carbocycles. The number of hydrogen-bond donors (Lipinski definition) is 0. The van der Waals surface area contributed by atoms with E-state index in [1.54, 1.807) is 7.11 Å². The van der Waals surface area contributed by atoms with E-state index in [9.17, 15) is 4.79 Å². The van der Waals surface area contributed by atoms with Crippen molar-refractivity contribution in [2.45, 2.75) is 51.9 Å². The third-order valence-corrected chi connectivity index (χ3v) is 9.63. The summed E-state index contributed by atoms with van der Waals surface area (Å²) in [4.78, 5) is 11.7. The smallest absolute Gasteiger partial charge is 0.333 e. The van der Waals surface area contributed by atoms with Crippen molar-refractivity contribution in [3.63, 3.8) is 0 Å². The third-order valence-electron chi connectivity index (χ3n) is 5.15. The Hall–Kier alpha value is -1.85. The second kappa shape index (κ2) is 9.90. The fourth-order valence-electron chi connectivity index (χ4n) is 2.31. The van der Waals surface area contributed by atoms with Gasteiger partial charge in [-0.2, -0.15) is 0 Å². The average Bonchev–Trinajstić information content (AvgIpc) is 2.62.